The highest BCUT2D eigenvalue weighted by atomic mass is 127. The van der Waals surface area contributed by atoms with Crippen molar-refractivity contribution in [1.82, 2.24) is 0 Å². The molecule has 0 heterocycles. The van der Waals surface area contributed by atoms with Crippen LogP contribution in [0.15, 0.2) is 36.4 Å². The van der Waals surface area contributed by atoms with Crippen molar-refractivity contribution in [2.75, 3.05) is 14.2 Å². The third-order valence-electron chi connectivity index (χ3n) is 3.27. The fourth-order valence-electron chi connectivity index (χ4n) is 2.03. The molecule has 5 nitrogen and oxygen atoms in total. The van der Waals surface area contributed by atoms with E-state index in [1.807, 2.05) is 45.2 Å². The molecule has 0 aromatic heterocycles. The highest BCUT2D eigenvalue weighted by molar-refractivity contribution is 14.1. The van der Waals surface area contributed by atoms with Gasteiger partial charge < -0.3 is 9.47 Å². The SMILES string of the molecule is COC(=O)c1ccc(C(=O)c2ccc(C(=O)OC)c(I)c2)cc1I. The van der Waals surface area contributed by atoms with Gasteiger partial charge in [0.1, 0.15) is 0 Å². The topological polar surface area (TPSA) is 69.7 Å². The maximum Gasteiger partial charge on any atom is 0.338 e. The van der Waals surface area contributed by atoms with Gasteiger partial charge in [0.2, 0.25) is 0 Å². The van der Waals surface area contributed by atoms with Crippen molar-refractivity contribution in [3.63, 3.8) is 0 Å². The van der Waals surface area contributed by atoms with E-state index < -0.39 is 11.9 Å². The molecule has 0 aliphatic carbocycles. The van der Waals surface area contributed by atoms with E-state index in [1.54, 1.807) is 36.4 Å². The lowest BCUT2D eigenvalue weighted by molar-refractivity contribution is 0.0590. The molecule has 0 aliphatic rings. The van der Waals surface area contributed by atoms with Crippen LogP contribution in [0.2, 0.25) is 0 Å². The second-order valence-electron chi connectivity index (χ2n) is 4.70. The maximum absolute atomic E-state index is 12.6. The predicted molar refractivity (Wildman–Crippen MR) is 104 cm³/mol. The van der Waals surface area contributed by atoms with Gasteiger partial charge in [-0.1, -0.05) is 12.1 Å². The van der Waals surface area contributed by atoms with Gasteiger partial charge >= 0.3 is 11.9 Å². The van der Waals surface area contributed by atoms with Crippen molar-refractivity contribution in [3.8, 4) is 0 Å². The van der Waals surface area contributed by atoms with Crippen molar-refractivity contribution in [1.29, 1.82) is 0 Å². The third-order valence-corrected chi connectivity index (χ3v) is 5.06. The van der Waals surface area contributed by atoms with Gasteiger partial charge in [0.25, 0.3) is 0 Å². The van der Waals surface area contributed by atoms with Crippen LogP contribution in [0.25, 0.3) is 0 Å². The number of carbonyl (C=O) groups excluding carboxylic acids is 3. The zero-order valence-corrected chi connectivity index (χ0v) is 17.1. The number of esters is 2. The number of benzene rings is 2. The molecule has 2 aromatic rings. The Balaban J connectivity index is 2.35. The molecule has 0 saturated carbocycles. The zero-order valence-electron chi connectivity index (χ0n) is 12.8. The Morgan fingerprint density at radius 1 is 0.750 bits per heavy atom. The van der Waals surface area contributed by atoms with Crippen LogP contribution in [0.3, 0.4) is 0 Å². The maximum atomic E-state index is 12.6. The summed E-state index contributed by atoms with van der Waals surface area (Å²) >= 11 is 3.97. The first-order valence-electron chi connectivity index (χ1n) is 6.69. The van der Waals surface area contributed by atoms with Crippen LogP contribution in [0.1, 0.15) is 36.6 Å². The quantitative estimate of drug-likeness (QED) is 0.330. The van der Waals surface area contributed by atoms with E-state index in [0.29, 0.717) is 29.4 Å². The summed E-state index contributed by atoms with van der Waals surface area (Å²) in [5.41, 5.74) is 1.72. The molecule has 0 aliphatic heterocycles. The Kier molecular flexibility index (Phi) is 6.33. The molecule has 2 rings (SSSR count). The number of halogens is 2. The first-order valence-corrected chi connectivity index (χ1v) is 8.85. The van der Waals surface area contributed by atoms with Crippen LogP contribution in [-0.4, -0.2) is 31.9 Å². The van der Waals surface area contributed by atoms with Crippen molar-refractivity contribution in [3.05, 3.63) is 65.8 Å². The van der Waals surface area contributed by atoms with Crippen LogP contribution < -0.4 is 0 Å². The average Bonchev–Trinajstić information content (AvgIpc) is 2.59. The van der Waals surface area contributed by atoms with Crippen LogP contribution in [0, 0.1) is 7.14 Å². The summed E-state index contributed by atoms with van der Waals surface area (Å²) < 4.78 is 10.6. The molecule has 0 fully saturated rings. The van der Waals surface area contributed by atoms with Crippen molar-refractivity contribution in [2.24, 2.45) is 0 Å². The van der Waals surface area contributed by atoms with E-state index in [-0.39, 0.29) is 5.78 Å². The van der Waals surface area contributed by atoms with Crippen LogP contribution >= 0.6 is 45.2 Å². The molecule has 0 amide bonds. The van der Waals surface area contributed by atoms with Crippen molar-refractivity contribution >= 4 is 62.9 Å². The number of ether oxygens (including phenoxy) is 2. The molecule has 2 aromatic carbocycles. The van der Waals surface area contributed by atoms with E-state index in [2.05, 4.69) is 0 Å². The monoisotopic (exact) mass is 550 g/mol. The molecule has 0 radical (unpaired) electrons. The number of carbonyl (C=O) groups is 3. The fourth-order valence-corrected chi connectivity index (χ4v) is 3.50. The smallest absolute Gasteiger partial charge is 0.338 e. The van der Waals surface area contributed by atoms with E-state index in [1.165, 1.54) is 14.2 Å². The predicted octanol–water partition coefficient (Wildman–Crippen LogP) is 3.70. The summed E-state index contributed by atoms with van der Waals surface area (Å²) in [5, 5.41) is 0. The van der Waals surface area contributed by atoms with E-state index in [4.69, 9.17) is 9.47 Å². The Labute approximate surface area is 166 Å². The Morgan fingerprint density at radius 3 is 1.42 bits per heavy atom. The number of hydrogen-bond acceptors (Lipinski definition) is 5. The summed E-state index contributed by atoms with van der Waals surface area (Å²) in [5.74, 6) is -1.09. The molecule has 0 spiro atoms. The standard InChI is InChI=1S/C17H12I2O5/c1-23-16(21)11-5-3-9(7-13(11)18)15(20)10-4-6-12(14(19)8-10)17(22)24-2/h3-8H,1-2H3. The highest BCUT2D eigenvalue weighted by Gasteiger charge is 2.17. The van der Waals surface area contributed by atoms with E-state index in [9.17, 15) is 14.4 Å². The van der Waals surface area contributed by atoms with E-state index >= 15 is 0 Å². The largest absolute Gasteiger partial charge is 0.465 e. The van der Waals surface area contributed by atoms with Gasteiger partial charge in [-0.2, -0.15) is 0 Å². The molecule has 124 valence electrons. The second-order valence-corrected chi connectivity index (χ2v) is 7.03. The minimum absolute atomic E-state index is 0.196. The number of hydrogen-bond donors (Lipinski definition) is 0. The minimum atomic E-state index is -0.449. The van der Waals surface area contributed by atoms with Gasteiger partial charge in [-0.05, 0) is 69.4 Å². The summed E-state index contributed by atoms with van der Waals surface area (Å²) in [4.78, 5) is 35.8. The van der Waals surface area contributed by atoms with Crippen LogP contribution in [0.5, 0.6) is 0 Å². The molecular formula is C17H12I2O5. The summed E-state index contributed by atoms with van der Waals surface area (Å²) in [6.07, 6.45) is 0. The van der Waals surface area contributed by atoms with E-state index in [0.717, 1.165) is 0 Å². The Hall–Kier alpha value is -1.49. The average molecular weight is 550 g/mol. The molecular weight excluding hydrogens is 538 g/mol. The first kappa shape index (κ1) is 18.8. The molecule has 0 atom stereocenters. The van der Waals surface area contributed by atoms with Crippen LogP contribution in [-0.2, 0) is 9.47 Å². The molecule has 24 heavy (non-hydrogen) atoms. The Morgan fingerprint density at radius 2 is 1.12 bits per heavy atom. The van der Waals surface area contributed by atoms with Crippen LogP contribution in [0.4, 0.5) is 0 Å². The van der Waals surface area contributed by atoms with Gasteiger partial charge in [-0.3, -0.25) is 4.79 Å². The molecule has 0 saturated heterocycles. The van der Waals surface area contributed by atoms with Gasteiger partial charge in [0.05, 0.1) is 25.3 Å². The summed E-state index contributed by atoms with van der Waals surface area (Å²) in [7, 11) is 2.62. The Bertz CT molecular complexity index is 762. The molecule has 0 unspecified atom stereocenters. The number of methoxy groups -OCH3 is 2. The van der Waals surface area contributed by atoms with Gasteiger partial charge in [-0.25, -0.2) is 9.59 Å². The third kappa shape index (κ3) is 3.94. The minimum Gasteiger partial charge on any atom is -0.465 e. The lowest BCUT2D eigenvalue weighted by Gasteiger charge is -2.08. The highest BCUT2D eigenvalue weighted by Crippen LogP contribution is 2.21. The summed E-state index contributed by atoms with van der Waals surface area (Å²) in [6.45, 7) is 0. The molecule has 0 N–H and O–H groups in total. The molecule has 0 bridgehead atoms. The normalized spacial score (nSPS) is 10.2. The number of ketones is 1. The fraction of sp³-hybridized carbons (Fsp3) is 0.118. The number of rotatable bonds is 4. The van der Waals surface area contributed by atoms with Crippen molar-refractivity contribution < 1.29 is 23.9 Å². The first-order chi connectivity index (χ1) is 11.4. The van der Waals surface area contributed by atoms with Gasteiger partial charge in [-0.15, -0.1) is 0 Å². The molecule has 7 heteroatoms. The second kappa shape index (κ2) is 8.06. The zero-order chi connectivity index (χ0) is 17.9. The van der Waals surface area contributed by atoms with Crippen molar-refractivity contribution in [2.45, 2.75) is 0 Å². The van der Waals surface area contributed by atoms with Gasteiger partial charge in [0, 0.05) is 18.3 Å². The summed E-state index contributed by atoms with van der Waals surface area (Å²) in [6, 6.07) is 9.56. The lowest BCUT2D eigenvalue weighted by Crippen LogP contribution is -2.09. The lowest BCUT2D eigenvalue weighted by atomic mass is 10.0. The van der Waals surface area contributed by atoms with Gasteiger partial charge in [0.15, 0.2) is 5.78 Å².